The van der Waals surface area contributed by atoms with E-state index in [-0.39, 0.29) is 0 Å². The molecule has 16 heavy (non-hydrogen) atoms. The molecule has 2 rings (SSSR count). The van der Waals surface area contributed by atoms with Gasteiger partial charge in [0.15, 0.2) is 11.5 Å². The van der Waals surface area contributed by atoms with E-state index in [1.807, 2.05) is 0 Å². The van der Waals surface area contributed by atoms with Crippen molar-refractivity contribution in [2.75, 3.05) is 6.61 Å². The molecule has 0 aliphatic rings. The largest absolute Gasteiger partial charge is 0.461 e. The zero-order chi connectivity index (χ0) is 11.4. The van der Waals surface area contributed by atoms with Crippen LogP contribution in [0.15, 0.2) is 30.9 Å². The molecule has 0 aromatic carbocycles. The summed E-state index contributed by atoms with van der Waals surface area (Å²) in [6.07, 6.45) is 6.12. The summed E-state index contributed by atoms with van der Waals surface area (Å²) in [6.45, 7) is 2.07. The topological polar surface area (TPSA) is 69.9 Å². The molecule has 0 unspecified atom stereocenters. The van der Waals surface area contributed by atoms with E-state index >= 15 is 0 Å². The van der Waals surface area contributed by atoms with E-state index in [1.165, 1.54) is 23.3 Å². The van der Waals surface area contributed by atoms with Gasteiger partial charge in [0.1, 0.15) is 0 Å². The number of hydrogen-bond donors (Lipinski definition) is 0. The lowest BCUT2D eigenvalue weighted by molar-refractivity contribution is 0.0515. The van der Waals surface area contributed by atoms with Gasteiger partial charge in [-0.2, -0.15) is 5.10 Å². The highest BCUT2D eigenvalue weighted by molar-refractivity contribution is 5.87. The van der Waals surface area contributed by atoms with Gasteiger partial charge in [-0.1, -0.05) is 0 Å². The Morgan fingerprint density at radius 1 is 1.44 bits per heavy atom. The first kappa shape index (κ1) is 10.3. The van der Waals surface area contributed by atoms with Gasteiger partial charge in [-0.15, -0.1) is 0 Å². The summed E-state index contributed by atoms with van der Waals surface area (Å²) in [7, 11) is 0. The van der Waals surface area contributed by atoms with Gasteiger partial charge in [0.2, 0.25) is 0 Å². The summed E-state index contributed by atoms with van der Waals surface area (Å²) >= 11 is 0. The zero-order valence-electron chi connectivity index (χ0n) is 8.70. The fraction of sp³-hybridized carbons (Fsp3) is 0.200. The fourth-order valence-corrected chi connectivity index (χ4v) is 1.25. The van der Waals surface area contributed by atoms with E-state index in [1.54, 1.807) is 19.2 Å². The molecule has 0 amide bonds. The molecule has 2 aromatic rings. The number of rotatable bonds is 3. The van der Waals surface area contributed by atoms with Gasteiger partial charge in [-0.3, -0.25) is 4.98 Å². The first-order chi connectivity index (χ1) is 7.83. The number of nitrogens with zero attached hydrogens (tertiary/aromatic N) is 4. The highest BCUT2D eigenvalue weighted by atomic mass is 16.5. The molecule has 0 atom stereocenters. The van der Waals surface area contributed by atoms with Crippen molar-refractivity contribution in [3.8, 4) is 5.82 Å². The summed E-state index contributed by atoms with van der Waals surface area (Å²) in [5, 5.41) is 4.00. The molecule has 0 saturated heterocycles. The van der Waals surface area contributed by atoms with E-state index in [0.717, 1.165) is 0 Å². The molecule has 0 aliphatic heterocycles. The van der Waals surface area contributed by atoms with Crippen molar-refractivity contribution < 1.29 is 9.53 Å². The Morgan fingerprint density at radius 2 is 2.31 bits per heavy atom. The van der Waals surface area contributed by atoms with Crippen LogP contribution < -0.4 is 0 Å². The summed E-state index contributed by atoms with van der Waals surface area (Å²) in [6, 6.07) is 1.58. The third kappa shape index (κ3) is 1.90. The molecule has 2 heterocycles. The molecule has 0 bridgehead atoms. The third-order valence-electron chi connectivity index (χ3n) is 1.89. The van der Waals surface area contributed by atoms with E-state index in [9.17, 15) is 4.79 Å². The number of esters is 1. The number of ether oxygens (including phenoxy) is 1. The summed E-state index contributed by atoms with van der Waals surface area (Å²) in [5.74, 6) is 0.0567. The summed E-state index contributed by atoms with van der Waals surface area (Å²) < 4.78 is 6.29. The van der Waals surface area contributed by atoms with Gasteiger partial charge in [-0.05, 0) is 13.0 Å². The Bertz CT molecular complexity index is 481. The van der Waals surface area contributed by atoms with Crippen LogP contribution in [-0.2, 0) is 4.74 Å². The van der Waals surface area contributed by atoms with Crippen molar-refractivity contribution in [1.82, 2.24) is 19.7 Å². The Hall–Kier alpha value is -2.24. The average Bonchev–Trinajstić information content (AvgIpc) is 2.79. The standard InChI is InChI=1S/C10H10N4O2/c1-2-16-10(15)8-3-4-13-14(8)9-7-11-5-6-12-9/h3-7H,2H2,1H3. The van der Waals surface area contributed by atoms with Crippen molar-refractivity contribution in [1.29, 1.82) is 0 Å². The van der Waals surface area contributed by atoms with Crippen molar-refractivity contribution in [2.24, 2.45) is 0 Å². The summed E-state index contributed by atoms with van der Waals surface area (Å²) in [5.41, 5.74) is 0.336. The SMILES string of the molecule is CCOC(=O)c1ccnn1-c1cnccn1. The second-order valence-electron chi connectivity index (χ2n) is 2.91. The Labute approximate surface area is 91.9 Å². The van der Waals surface area contributed by atoms with Gasteiger partial charge in [0, 0.05) is 12.4 Å². The minimum atomic E-state index is -0.425. The van der Waals surface area contributed by atoms with Crippen molar-refractivity contribution >= 4 is 5.97 Å². The molecule has 82 valence electrons. The monoisotopic (exact) mass is 218 g/mol. The molecule has 0 fully saturated rings. The minimum absolute atomic E-state index is 0.324. The fourth-order valence-electron chi connectivity index (χ4n) is 1.25. The highest BCUT2D eigenvalue weighted by Crippen LogP contribution is 2.07. The molecule has 6 nitrogen and oxygen atoms in total. The zero-order valence-corrected chi connectivity index (χ0v) is 8.70. The van der Waals surface area contributed by atoms with Crippen molar-refractivity contribution in [3.05, 3.63) is 36.5 Å². The lowest BCUT2D eigenvalue weighted by atomic mass is 10.4. The van der Waals surface area contributed by atoms with Crippen LogP contribution in [0.2, 0.25) is 0 Å². The molecule has 0 aliphatic carbocycles. The van der Waals surface area contributed by atoms with Crippen LogP contribution in [0, 0.1) is 0 Å². The van der Waals surface area contributed by atoms with Crippen LogP contribution in [0.3, 0.4) is 0 Å². The van der Waals surface area contributed by atoms with E-state index in [4.69, 9.17) is 4.74 Å². The Kier molecular flexibility index (Phi) is 2.90. The molecule has 0 radical (unpaired) electrons. The van der Waals surface area contributed by atoms with Gasteiger partial charge in [0.05, 0.1) is 19.0 Å². The van der Waals surface area contributed by atoms with Gasteiger partial charge < -0.3 is 4.74 Å². The van der Waals surface area contributed by atoms with Crippen LogP contribution in [0.25, 0.3) is 5.82 Å². The quantitative estimate of drug-likeness (QED) is 0.714. The van der Waals surface area contributed by atoms with Gasteiger partial charge in [0.25, 0.3) is 0 Å². The molecule has 2 aromatic heterocycles. The van der Waals surface area contributed by atoms with Gasteiger partial charge >= 0.3 is 5.97 Å². The van der Waals surface area contributed by atoms with Gasteiger partial charge in [-0.25, -0.2) is 14.5 Å². The molecule has 0 saturated carbocycles. The van der Waals surface area contributed by atoms with Crippen LogP contribution in [-0.4, -0.2) is 32.3 Å². The Morgan fingerprint density at radius 3 is 3.00 bits per heavy atom. The normalized spacial score (nSPS) is 10.1. The second kappa shape index (κ2) is 4.52. The predicted molar refractivity (Wildman–Crippen MR) is 55.1 cm³/mol. The van der Waals surface area contributed by atoms with Crippen LogP contribution in [0.5, 0.6) is 0 Å². The number of carbonyl (C=O) groups is 1. The van der Waals surface area contributed by atoms with Crippen molar-refractivity contribution in [3.63, 3.8) is 0 Å². The molecule has 0 spiro atoms. The van der Waals surface area contributed by atoms with E-state index in [0.29, 0.717) is 18.1 Å². The first-order valence-corrected chi connectivity index (χ1v) is 4.80. The number of carbonyl (C=O) groups excluding carboxylic acids is 1. The average molecular weight is 218 g/mol. The molecule has 0 N–H and O–H groups in total. The smallest absolute Gasteiger partial charge is 0.357 e. The predicted octanol–water partition coefficient (Wildman–Crippen LogP) is 0.839. The third-order valence-corrected chi connectivity index (χ3v) is 1.89. The minimum Gasteiger partial charge on any atom is -0.461 e. The maximum atomic E-state index is 11.6. The summed E-state index contributed by atoms with van der Waals surface area (Å²) in [4.78, 5) is 19.5. The number of aromatic nitrogens is 4. The van der Waals surface area contributed by atoms with Crippen LogP contribution >= 0.6 is 0 Å². The van der Waals surface area contributed by atoms with Crippen LogP contribution in [0.1, 0.15) is 17.4 Å². The lowest BCUT2D eigenvalue weighted by Crippen LogP contribution is -2.12. The Balaban J connectivity index is 2.37. The maximum Gasteiger partial charge on any atom is 0.357 e. The van der Waals surface area contributed by atoms with E-state index in [2.05, 4.69) is 15.1 Å². The maximum absolute atomic E-state index is 11.6. The van der Waals surface area contributed by atoms with E-state index < -0.39 is 5.97 Å². The van der Waals surface area contributed by atoms with Crippen molar-refractivity contribution in [2.45, 2.75) is 6.92 Å². The molecular formula is C10H10N4O2. The molecular weight excluding hydrogens is 208 g/mol. The number of hydrogen-bond acceptors (Lipinski definition) is 5. The molecule has 6 heteroatoms. The second-order valence-corrected chi connectivity index (χ2v) is 2.91. The highest BCUT2D eigenvalue weighted by Gasteiger charge is 2.14. The first-order valence-electron chi connectivity index (χ1n) is 4.80. The van der Waals surface area contributed by atoms with Crippen LogP contribution in [0.4, 0.5) is 0 Å². The lowest BCUT2D eigenvalue weighted by Gasteiger charge is -2.04.